The summed E-state index contributed by atoms with van der Waals surface area (Å²) in [4.78, 5) is 10.7. The largest absolute Gasteiger partial charge is 1.00 e. The predicted molar refractivity (Wildman–Crippen MR) is 53.6 cm³/mol. The van der Waals surface area contributed by atoms with Gasteiger partial charge in [0.15, 0.2) is 0 Å². The summed E-state index contributed by atoms with van der Waals surface area (Å²) in [7, 11) is 0. The van der Waals surface area contributed by atoms with Gasteiger partial charge in [0, 0.05) is 11.9 Å². The zero-order valence-electron chi connectivity index (χ0n) is 10.2. The Morgan fingerprint density at radius 2 is 1.93 bits per heavy atom. The Kier molecular flexibility index (Phi) is 13.0. The third-order valence-corrected chi connectivity index (χ3v) is 2.37. The summed E-state index contributed by atoms with van der Waals surface area (Å²) in [6.45, 7) is 3.73. The molecule has 0 aromatic carbocycles. The Hall–Kier alpha value is 0.430. The van der Waals surface area contributed by atoms with Gasteiger partial charge in [-0.25, -0.2) is 0 Å². The van der Waals surface area contributed by atoms with Crippen molar-refractivity contribution in [1.82, 2.24) is 0 Å². The van der Waals surface area contributed by atoms with Crippen molar-refractivity contribution in [3.63, 3.8) is 0 Å². The van der Waals surface area contributed by atoms with Crippen molar-refractivity contribution < 1.29 is 44.6 Å². The molecule has 2 atom stereocenters. The van der Waals surface area contributed by atoms with E-state index in [1.807, 2.05) is 0 Å². The van der Waals surface area contributed by atoms with Crippen LogP contribution in [-0.4, -0.2) is 17.2 Å². The molecule has 0 bridgehead atoms. The molecule has 0 radical (unpaired) electrons. The van der Waals surface area contributed by atoms with Gasteiger partial charge in [-0.1, -0.05) is 32.6 Å². The molecule has 0 amide bonds. The molecule has 1 N–H and O–H groups in total. The smallest absolute Gasteiger partial charge is 0.550 e. The Balaban J connectivity index is 0. The second-order valence-electron chi connectivity index (χ2n) is 3.95. The molecule has 0 rings (SSSR count). The van der Waals surface area contributed by atoms with Crippen LogP contribution in [0.5, 0.6) is 0 Å². The van der Waals surface area contributed by atoms with Gasteiger partial charge >= 0.3 is 29.6 Å². The third kappa shape index (κ3) is 10.7. The molecule has 3 nitrogen and oxygen atoms in total. The molecule has 0 spiro atoms. The third-order valence-electron chi connectivity index (χ3n) is 2.37. The molecule has 84 valence electrons. The van der Waals surface area contributed by atoms with E-state index in [1.165, 1.54) is 0 Å². The summed E-state index contributed by atoms with van der Waals surface area (Å²) in [5.74, 6) is -1.51. The summed E-state index contributed by atoms with van der Waals surface area (Å²) >= 11 is 0. The normalized spacial score (nSPS) is 14.1. The van der Waals surface area contributed by atoms with Crippen LogP contribution in [0, 0.1) is 5.92 Å². The van der Waals surface area contributed by atoms with E-state index in [-0.39, 0.29) is 29.6 Å². The average Bonchev–Trinajstić information content (AvgIpc) is 2.09. The summed E-state index contributed by atoms with van der Waals surface area (Å²) in [5, 5.41) is 19.8. The molecule has 0 aliphatic rings. The van der Waals surface area contributed by atoms with Crippen LogP contribution in [0.4, 0.5) is 0 Å². The van der Waals surface area contributed by atoms with Crippen molar-refractivity contribution >= 4 is 5.97 Å². The molecule has 0 aromatic rings. The Morgan fingerprint density at radius 1 is 1.33 bits per heavy atom. The number of aliphatic carboxylic acids is 1. The van der Waals surface area contributed by atoms with Crippen LogP contribution in [0.2, 0.25) is 0 Å². The SMILES string of the molecule is CCCCCC[C@@H](CC(C)O)C(=O)[O-].[Na+]. The van der Waals surface area contributed by atoms with E-state index in [4.69, 9.17) is 5.11 Å². The van der Waals surface area contributed by atoms with Crippen LogP contribution in [0.3, 0.4) is 0 Å². The zero-order chi connectivity index (χ0) is 11.0. The fraction of sp³-hybridized carbons (Fsp3) is 0.909. The fourth-order valence-corrected chi connectivity index (χ4v) is 1.56. The van der Waals surface area contributed by atoms with Crippen LogP contribution >= 0.6 is 0 Å². The maximum absolute atomic E-state index is 10.7. The molecule has 0 fully saturated rings. The van der Waals surface area contributed by atoms with Gasteiger partial charge in [0.1, 0.15) is 0 Å². The number of rotatable bonds is 8. The van der Waals surface area contributed by atoms with Gasteiger partial charge in [-0.15, -0.1) is 0 Å². The first-order valence-electron chi connectivity index (χ1n) is 5.46. The van der Waals surface area contributed by atoms with Gasteiger partial charge in [0.25, 0.3) is 0 Å². The molecule has 0 aromatic heterocycles. The van der Waals surface area contributed by atoms with E-state index in [1.54, 1.807) is 6.92 Å². The van der Waals surface area contributed by atoms with Crippen LogP contribution in [-0.2, 0) is 4.79 Å². The van der Waals surface area contributed by atoms with Crippen molar-refractivity contribution in [1.29, 1.82) is 0 Å². The van der Waals surface area contributed by atoms with E-state index in [0.29, 0.717) is 12.8 Å². The topological polar surface area (TPSA) is 60.4 Å². The number of carboxylic acids is 1. The second-order valence-corrected chi connectivity index (χ2v) is 3.95. The minimum Gasteiger partial charge on any atom is -0.550 e. The number of unbranched alkanes of at least 4 members (excludes halogenated alkanes) is 3. The van der Waals surface area contributed by atoms with Gasteiger partial charge in [0.05, 0.1) is 6.10 Å². The molecular formula is C11H21NaO3. The first-order chi connectivity index (χ1) is 6.57. The maximum Gasteiger partial charge on any atom is 1.00 e. The molecule has 0 saturated heterocycles. The van der Waals surface area contributed by atoms with Crippen molar-refractivity contribution in [3.8, 4) is 0 Å². The number of hydrogen-bond donors (Lipinski definition) is 1. The quantitative estimate of drug-likeness (QED) is 0.387. The first kappa shape index (κ1) is 17.8. The Bertz CT molecular complexity index is 160. The predicted octanol–water partition coefficient (Wildman–Crippen LogP) is -1.90. The minimum absolute atomic E-state index is 0. The number of carbonyl (C=O) groups excluding carboxylic acids is 1. The fourth-order valence-electron chi connectivity index (χ4n) is 1.56. The van der Waals surface area contributed by atoms with Crippen LogP contribution in [0.15, 0.2) is 0 Å². The van der Waals surface area contributed by atoms with E-state index in [2.05, 4.69) is 6.92 Å². The van der Waals surface area contributed by atoms with Crippen LogP contribution in [0.25, 0.3) is 0 Å². The van der Waals surface area contributed by atoms with Crippen molar-refractivity contribution in [2.75, 3.05) is 0 Å². The number of aliphatic hydroxyl groups is 1. The van der Waals surface area contributed by atoms with Gasteiger partial charge in [-0.05, 0) is 19.8 Å². The Labute approximate surface area is 115 Å². The molecular weight excluding hydrogens is 203 g/mol. The Morgan fingerprint density at radius 3 is 2.33 bits per heavy atom. The summed E-state index contributed by atoms with van der Waals surface area (Å²) in [5.41, 5.74) is 0. The molecule has 0 saturated carbocycles. The maximum atomic E-state index is 10.7. The average molecular weight is 224 g/mol. The van der Waals surface area contributed by atoms with E-state index in [9.17, 15) is 9.90 Å². The van der Waals surface area contributed by atoms with Gasteiger partial charge in [-0.3, -0.25) is 0 Å². The summed E-state index contributed by atoms with van der Waals surface area (Å²) in [6.07, 6.45) is 4.67. The van der Waals surface area contributed by atoms with Crippen LogP contribution < -0.4 is 34.7 Å². The van der Waals surface area contributed by atoms with Crippen molar-refractivity contribution in [3.05, 3.63) is 0 Å². The van der Waals surface area contributed by atoms with Crippen LogP contribution in [0.1, 0.15) is 52.4 Å². The molecule has 0 aliphatic carbocycles. The van der Waals surface area contributed by atoms with E-state index < -0.39 is 18.0 Å². The van der Waals surface area contributed by atoms with Gasteiger partial charge in [-0.2, -0.15) is 0 Å². The molecule has 4 heteroatoms. The minimum atomic E-state index is -1.03. The summed E-state index contributed by atoms with van der Waals surface area (Å²) < 4.78 is 0. The van der Waals surface area contributed by atoms with Gasteiger partial charge < -0.3 is 15.0 Å². The molecule has 1 unspecified atom stereocenters. The van der Waals surface area contributed by atoms with Crippen molar-refractivity contribution in [2.24, 2.45) is 5.92 Å². The second kappa shape index (κ2) is 10.9. The van der Waals surface area contributed by atoms with E-state index >= 15 is 0 Å². The number of aliphatic hydroxyl groups excluding tert-OH is 1. The number of hydrogen-bond acceptors (Lipinski definition) is 3. The molecule has 0 heterocycles. The number of carbonyl (C=O) groups is 1. The molecule has 15 heavy (non-hydrogen) atoms. The standard InChI is InChI=1S/C11H22O3.Na/c1-3-4-5-6-7-10(11(13)14)8-9(2)12;/h9-10,12H,3-8H2,1-2H3,(H,13,14);/q;+1/p-1/t9?,10-;/m0./s1. The van der Waals surface area contributed by atoms with Crippen molar-refractivity contribution in [2.45, 2.75) is 58.5 Å². The number of carboxylic acid groups (broad SMARTS) is 1. The zero-order valence-corrected chi connectivity index (χ0v) is 12.2. The molecule has 0 aliphatic heterocycles. The summed E-state index contributed by atoms with van der Waals surface area (Å²) in [6, 6.07) is 0. The van der Waals surface area contributed by atoms with Gasteiger partial charge in [0.2, 0.25) is 0 Å². The monoisotopic (exact) mass is 224 g/mol. The van der Waals surface area contributed by atoms with E-state index in [0.717, 1.165) is 25.7 Å². The first-order valence-corrected chi connectivity index (χ1v) is 5.46.